The summed E-state index contributed by atoms with van der Waals surface area (Å²) in [7, 11) is 1.55. The maximum Gasteiger partial charge on any atom is 0.364 e. The lowest BCUT2D eigenvalue weighted by Crippen LogP contribution is -2.27. The Bertz CT molecular complexity index is 1010. The molecule has 0 radical (unpaired) electrons. The normalized spacial score (nSPS) is 12.0. The lowest BCUT2D eigenvalue weighted by molar-refractivity contribution is 0.0771. The second-order valence-electron chi connectivity index (χ2n) is 6.02. The van der Waals surface area contributed by atoms with E-state index in [1.54, 1.807) is 24.9 Å². The Morgan fingerprint density at radius 2 is 2.04 bits per heavy atom. The van der Waals surface area contributed by atoms with Crippen LogP contribution in [0.4, 0.5) is 8.78 Å². The van der Waals surface area contributed by atoms with Gasteiger partial charge in [-0.1, -0.05) is 11.6 Å². The van der Waals surface area contributed by atoms with E-state index < -0.39 is 17.0 Å². The minimum atomic E-state index is -3.65. The highest BCUT2D eigenvalue weighted by Gasteiger charge is 2.33. The van der Waals surface area contributed by atoms with Crippen LogP contribution in [0, 0.1) is 6.92 Å². The number of aryl methyl sites for hydroxylation is 2. The molecule has 7 nitrogen and oxygen atoms in total. The average molecular weight is 417 g/mol. The van der Waals surface area contributed by atoms with Gasteiger partial charge in [-0.2, -0.15) is 19.0 Å². The summed E-state index contributed by atoms with van der Waals surface area (Å²) < 4.78 is 29.8. The van der Waals surface area contributed by atoms with Crippen molar-refractivity contribution in [3.05, 3.63) is 46.1 Å². The van der Waals surface area contributed by atoms with E-state index >= 15 is 0 Å². The quantitative estimate of drug-likeness (QED) is 0.597. The standard InChI is InChI=1S/C16H16Cl2F2N6O/c1-4-25-7-10(17)12(22-25)8-24(3)15(27)11-6-14-21-9(2)5-13(16(18,19)20)26(14)23-11/h5-7H,4,8H2,1-3H3. The molecule has 0 aromatic carbocycles. The Balaban J connectivity index is 1.92. The maximum absolute atomic E-state index is 13.7. The highest BCUT2D eigenvalue weighted by atomic mass is 35.5. The van der Waals surface area contributed by atoms with E-state index in [9.17, 15) is 13.6 Å². The van der Waals surface area contributed by atoms with Gasteiger partial charge in [-0.05, 0) is 31.5 Å². The molecule has 3 aromatic heterocycles. The van der Waals surface area contributed by atoms with Crippen LogP contribution in [0.1, 0.15) is 34.5 Å². The van der Waals surface area contributed by atoms with Crippen molar-refractivity contribution in [1.29, 1.82) is 0 Å². The fourth-order valence-corrected chi connectivity index (χ4v) is 2.95. The third-order valence-electron chi connectivity index (χ3n) is 3.91. The van der Waals surface area contributed by atoms with Gasteiger partial charge in [0.25, 0.3) is 5.91 Å². The Morgan fingerprint density at radius 1 is 1.33 bits per heavy atom. The van der Waals surface area contributed by atoms with E-state index in [1.165, 1.54) is 11.0 Å². The Hall–Kier alpha value is -2.26. The minimum Gasteiger partial charge on any atom is -0.334 e. The van der Waals surface area contributed by atoms with Gasteiger partial charge in [0.05, 0.1) is 11.6 Å². The van der Waals surface area contributed by atoms with Gasteiger partial charge in [0.1, 0.15) is 11.4 Å². The molecular formula is C16H16Cl2F2N6O. The number of fused-ring (bicyclic) bond motifs is 1. The van der Waals surface area contributed by atoms with Crippen LogP contribution in [0.5, 0.6) is 0 Å². The number of rotatable bonds is 5. The highest BCUT2D eigenvalue weighted by molar-refractivity contribution is 6.31. The largest absolute Gasteiger partial charge is 0.364 e. The van der Waals surface area contributed by atoms with Crippen LogP contribution in [0.15, 0.2) is 18.3 Å². The van der Waals surface area contributed by atoms with Gasteiger partial charge >= 0.3 is 5.38 Å². The van der Waals surface area contributed by atoms with Crippen LogP contribution < -0.4 is 0 Å². The summed E-state index contributed by atoms with van der Waals surface area (Å²) in [6.07, 6.45) is 1.67. The Morgan fingerprint density at radius 3 is 2.63 bits per heavy atom. The second-order valence-corrected chi connectivity index (χ2v) is 6.90. The molecule has 27 heavy (non-hydrogen) atoms. The van der Waals surface area contributed by atoms with Crippen molar-refractivity contribution >= 4 is 34.8 Å². The monoisotopic (exact) mass is 416 g/mol. The van der Waals surface area contributed by atoms with E-state index in [2.05, 4.69) is 15.2 Å². The van der Waals surface area contributed by atoms with Crippen molar-refractivity contribution in [2.75, 3.05) is 7.05 Å². The molecule has 0 aliphatic heterocycles. The zero-order chi connectivity index (χ0) is 19.9. The van der Waals surface area contributed by atoms with Gasteiger partial charge in [-0.15, -0.1) is 0 Å². The molecule has 144 valence electrons. The van der Waals surface area contributed by atoms with Crippen molar-refractivity contribution in [2.24, 2.45) is 0 Å². The van der Waals surface area contributed by atoms with Gasteiger partial charge in [0.15, 0.2) is 11.3 Å². The number of hydrogen-bond donors (Lipinski definition) is 0. The van der Waals surface area contributed by atoms with Gasteiger partial charge < -0.3 is 4.90 Å². The molecule has 0 aliphatic rings. The zero-order valence-corrected chi connectivity index (χ0v) is 16.3. The first-order valence-corrected chi connectivity index (χ1v) is 8.77. The fraction of sp³-hybridized carbons (Fsp3) is 0.375. The highest BCUT2D eigenvalue weighted by Crippen LogP contribution is 2.32. The number of nitrogens with zero attached hydrogens (tertiary/aromatic N) is 6. The van der Waals surface area contributed by atoms with Crippen molar-refractivity contribution in [2.45, 2.75) is 32.3 Å². The number of hydrogen-bond acceptors (Lipinski definition) is 4. The third kappa shape index (κ3) is 3.89. The van der Waals surface area contributed by atoms with Gasteiger partial charge in [-0.3, -0.25) is 9.48 Å². The number of carbonyl (C=O) groups is 1. The van der Waals surface area contributed by atoms with E-state index in [-0.39, 0.29) is 17.9 Å². The molecule has 0 N–H and O–H groups in total. The van der Waals surface area contributed by atoms with Crippen molar-refractivity contribution < 1.29 is 13.6 Å². The number of amides is 1. The van der Waals surface area contributed by atoms with Crippen LogP contribution in [0.2, 0.25) is 5.02 Å². The SMILES string of the molecule is CCn1cc(Cl)c(CN(C)C(=O)c2cc3nc(C)cc(C(F)(F)Cl)n3n2)n1. The summed E-state index contributed by atoms with van der Waals surface area (Å²) in [6, 6.07) is 2.46. The molecule has 3 rings (SSSR count). The smallest absolute Gasteiger partial charge is 0.334 e. The maximum atomic E-state index is 13.7. The molecule has 0 saturated carbocycles. The van der Waals surface area contributed by atoms with Crippen LogP contribution in [-0.4, -0.2) is 42.2 Å². The topological polar surface area (TPSA) is 68.3 Å². The molecule has 0 spiro atoms. The number of halogens is 4. The van der Waals surface area contributed by atoms with Crippen LogP contribution in [0.25, 0.3) is 5.65 Å². The molecule has 0 atom stereocenters. The molecule has 0 fully saturated rings. The number of carbonyl (C=O) groups excluding carboxylic acids is 1. The number of alkyl halides is 3. The first-order chi connectivity index (χ1) is 12.6. The van der Waals surface area contributed by atoms with Gasteiger partial charge in [0, 0.05) is 31.5 Å². The molecular weight excluding hydrogens is 401 g/mol. The summed E-state index contributed by atoms with van der Waals surface area (Å²) in [5.74, 6) is -0.482. The second kappa shape index (κ2) is 7.05. The van der Waals surface area contributed by atoms with E-state index in [0.717, 1.165) is 10.6 Å². The van der Waals surface area contributed by atoms with Crippen LogP contribution in [-0.2, 0) is 18.5 Å². The molecule has 3 heterocycles. The predicted octanol–water partition coefficient (Wildman–Crippen LogP) is 3.47. The van der Waals surface area contributed by atoms with Gasteiger partial charge in [-0.25, -0.2) is 9.50 Å². The lowest BCUT2D eigenvalue weighted by atomic mass is 10.3. The molecule has 0 saturated heterocycles. The summed E-state index contributed by atoms with van der Waals surface area (Å²) in [6.45, 7) is 4.25. The fourth-order valence-electron chi connectivity index (χ4n) is 2.60. The van der Waals surface area contributed by atoms with E-state index in [0.29, 0.717) is 23.0 Å². The first-order valence-electron chi connectivity index (χ1n) is 8.02. The van der Waals surface area contributed by atoms with Crippen molar-refractivity contribution in [3.8, 4) is 0 Å². The number of aromatic nitrogens is 5. The summed E-state index contributed by atoms with van der Waals surface area (Å²) in [5.41, 5.74) is 0.374. The summed E-state index contributed by atoms with van der Waals surface area (Å²) >= 11 is 11.3. The van der Waals surface area contributed by atoms with Crippen molar-refractivity contribution in [1.82, 2.24) is 29.3 Å². The van der Waals surface area contributed by atoms with Gasteiger partial charge in [0.2, 0.25) is 0 Å². The zero-order valence-electron chi connectivity index (χ0n) is 14.7. The third-order valence-corrected chi connectivity index (χ3v) is 4.42. The molecule has 0 unspecified atom stereocenters. The van der Waals surface area contributed by atoms with Crippen molar-refractivity contribution in [3.63, 3.8) is 0 Å². The molecule has 0 aliphatic carbocycles. The first kappa shape index (κ1) is 19.5. The lowest BCUT2D eigenvalue weighted by Gasteiger charge is -2.14. The minimum absolute atomic E-state index is 0.0381. The Labute approximate surface area is 163 Å². The summed E-state index contributed by atoms with van der Waals surface area (Å²) in [5, 5.41) is 5.04. The van der Waals surface area contributed by atoms with E-state index in [4.69, 9.17) is 23.2 Å². The average Bonchev–Trinajstić information content (AvgIpc) is 3.15. The Kier molecular flexibility index (Phi) is 5.09. The van der Waals surface area contributed by atoms with Crippen LogP contribution in [0.3, 0.4) is 0 Å². The summed E-state index contributed by atoms with van der Waals surface area (Å²) in [4.78, 5) is 18.2. The predicted molar refractivity (Wildman–Crippen MR) is 96.2 cm³/mol. The van der Waals surface area contributed by atoms with E-state index in [1.807, 2.05) is 6.92 Å². The molecule has 0 bridgehead atoms. The molecule has 3 aromatic rings. The molecule has 1 amide bonds. The molecule has 11 heteroatoms. The van der Waals surface area contributed by atoms with Crippen LogP contribution >= 0.6 is 23.2 Å².